The fourth-order valence-corrected chi connectivity index (χ4v) is 6.22. The van der Waals surface area contributed by atoms with Crippen LogP contribution in [-0.4, -0.2) is 38.7 Å². The summed E-state index contributed by atoms with van der Waals surface area (Å²) in [5.74, 6) is -0.268. The van der Waals surface area contributed by atoms with Crippen molar-refractivity contribution in [1.82, 2.24) is 4.98 Å². The number of carbonyl (C=O) groups is 1. The normalized spacial score (nSPS) is 14.4. The number of fused-ring (bicyclic) bond motifs is 1. The van der Waals surface area contributed by atoms with E-state index in [-0.39, 0.29) is 23.1 Å². The molecule has 1 N–H and O–H groups in total. The fraction of sp³-hybridized carbons (Fsp3) is 0.259. The number of hydrogen-bond donors (Lipinski definition) is 1. The molecule has 0 unspecified atom stereocenters. The summed E-state index contributed by atoms with van der Waals surface area (Å²) in [6, 6.07) is 13.8. The molecule has 0 spiro atoms. The van der Waals surface area contributed by atoms with Gasteiger partial charge in [0.25, 0.3) is 0 Å². The molecule has 0 bridgehead atoms. The lowest BCUT2D eigenvalue weighted by Gasteiger charge is -2.20. The van der Waals surface area contributed by atoms with Crippen molar-refractivity contribution in [3.8, 4) is 0 Å². The van der Waals surface area contributed by atoms with Crippen LogP contribution in [0.5, 0.6) is 0 Å². The summed E-state index contributed by atoms with van der Waals surface area (Å²) < 4.78 is 43.5. The Morgan fingerprint density at radius 3 is 2.37 bits per heavy atom. The Morgan fingerprint density at radius 1 is 1.11 bits per heavy atom. The predicted octanol–water partition coefficient (Wildman–Crippen LogP) is 6.22. The van der Waals surface area contributed by atoms with Crippen molar-refractivity contribution >= 4 is 61.4 Å². The van der Waals surface area contributed by atoms with Gasteiger partial charge in [0.05, 0.1) is 22.6 Å². The van der Waals surface area contributed by atoms with Crippen molar-refractivity contribution in [3.05, 3.63) is 81.9 Å². The Labute approximate surface area is 229 Å². The third-order valence-electron chi connectivity index (χ3n) is 6.71. The van der Waals surface area contributed by atoms with Gasteiger partial charge in [-0.05, 0) is 61.4 Å². The van der Waals surface area contributed by atoms with E-state index >= 15 is 0 Å². The van der Waals surface area contributed by atoms with Gasteiger partial charge < -0.3 is 14.6 Å². The smallest absolute Gasteiger partial charge is 0.243 e. The number of likely N-dealkylation sites (N-methyl/N-ethyl adjacent to an activating group) is 1. The number of aromatic nitrogens is 1. The summed E-state index contributed by atoms with van der Waals surface area (Å²) in [6.07, 6.45) is 1.44. The van der Waals surface area contributed by atoms with Crippen molar-refractivity contribution in [2.24, 2.45) is 0 Å². The first-order valence-electron chi connectivity index (χ1n) is 11.9. The van der Waals surface area contributed by atoms with Crippen LogP contribution in [0.1, 0.15) is 31.2 Å². The molecule has 4 aromatic rings. The standard InChI is InChI=1S/C27H24Cl2FN3O4S/c1-3-38(35,36)19-7-5-18(6-8-19)33(2)15-24(34)31-17-13-20(28)25(21(29)14-17)27(10-11-27)26-32-22-9-4-16(30)12-23(22)37-26/h4-9,12-14H,3,10-11,15H2,1-2H3,(H,31,34). The Morgan fingerprint density at radius 2 is 1.76 bits per heavy atom. The van der Waals surface area contributed by atoms with Gasteiger partial charge in [0, 0.05) is 40.1 Å². The summed E-state index contributed by atoms with van der Waals surface area (Å²) in [5.41, 5.74) is 2.08. The van der Waals surface area contributed by atoms with Crippen LogP contribution < -0.4 is 10.2 Å². The van der Waals surface area contributed by atoms with E-state index in [4.69, 9.17) is 27.6 Å². The molecule has 0 atom stereocenters. The van der Waals surface area contributed by atoms with Gasteiger partial charge in [-0.1, -0.05) is 30.1 Å². The average Bonchev–Trinajstić information content (AvgIpc) is 3.54. The first kappa shape index (κ1) is 26.5. The molecule has 5 rings (SSSR count). The van der Waals surface area contributed by atoms with Gasteiger partial charge in [-0.2, -0.15) is 0 Å². The van der Waals surface area contributed by atoms with Gasteiger partial charge in [-0.25, -0.2) is 17.8 Å². The molecule has 1 aromatic heterocycles. The number of rotatable bonds is 8. The summed E-state index contributed by atoms with van der Waals surface area (Å²) in [5, 5.41) is 3.53. The van der Waals surface area contributed by atoms with Crippen LogP contribution in [0.25, 0.3) is 11.1 Å². The van der Waals surface area contributed by atoms with Crippen LogP contribution in [0.3, 0.4) is 0 Å². The number of benzene rings is 3. The minimum Gasteiger partial charge on any atom is -0.440 e. The van der Waals surface area contributed by atoms with Crippen LogP contribution in [0.15, 0.2) is 63.9 Å². The molecule has 198 valence electrons. The van der Waals surface area contributed by atoms with E-state index in [1.54, 1.807) is 49.2 Å². The number of carbonyl (C=O) groups excluding carboxylic acids is 1. The van der Waals surface area contributed by atoms with Crippen molar-refractivity contribution in [2.45, 2.75) is 30.1 Å². The molecular weight excluding hydrogens is 552 g/mol. The van der Waals surface area contributed by atoms with E-state index in [1.807, 2.05) is 0 Å². The van der Waals surface area contributed by atoms with Crippen molar-refractivity contribution < 1.29 is 22.0 Å². The Balaban J connectivity index is 1.31. The van der Waals surface area contributed by atoms with Crippen LogP contribution in [0.4, 0.5) is 15.8 Å². The molecular formula is C27H24Cl2FN3O4S. The van der Waals surface area contributed by atoms with E-state index in [2.05, 4.69) is 10.3 Å². The number of hydrogen-bond acceptors (Lipinski definition) is 6. The molecule has 0 saturated heterocycles. The molecule has 1 fully saturated rings. The lowest BCUT2D eigenvalue weighted by Crippen LogP contribution is -2.30. The molecule has 3 aromatic carbocycles. The SMILES string of the molecule is CCS(=O)(=O)c1ccc(N(C)CC(=O)Nc2cc(Cl)c(C3(c4nc5ccc(F)cc5o4)CC3)c(Cl)c2)cc1. The van der Waals surface area contributed by atoms with Gasteiger partial charge in [0.15, 0.2) is 15.4 Å². The minimum atomic E-state index is -3.30. The van der Waals surface area contributed by atoms with E-state index in [1.165, 1.54) is 24.3 Å². The second-order valence-corrected chi connectivity index (χ2v) is 12.4. The average molecular weight is 576 g/mol. The Bertz CT molecular complexity index is 1630. The van der Waals surface area contributed by atoms with E-state index in [0.29, 0.717) is 44.0 Å². The van der Waals surface area contributed by atoms with Crippen molar-refractivity contribution in [2.75, 3.05) is 29.6 Å². The minimum absolute atomic E-state index is 0.0142. The topological polar surface area (TPSA) is 92.5 Å². The zero-order chi connectivity index (χ0) is 27.2. The number of nitrogens with zero attached hydrogens (tertiary/aromatic N) is 2. The van der Waals surface area contributed by atoms with Crippen molar-refractivity contribution in [1.29, 1.82) is 0 Å². The van der Waals surface area contributed by atoms with Gasteiger partial charge in [-0.3, -0.25) is 4.79 Å². The quantitative estimate of drug-likeness (QED) is 0.268. The molecule has 0 radical (unpaired) electrons. The Hall–Kier alpha value is -3.14. The highest BCUT2D eigenvalue weighted by atomic mass is 35.5. The molecule has 1 heterocycles. The summed E-state index contributed by atoms with van der Waals surface area (Å²) in [4.78, 5) is 19.2. The summed E-state index contributed by atoms with van der Waals surface area (Å²) >= 11 is 13.3. The van der Waals surface area contributed by atoms with Gasteiger partial charge in [-0.15, -0.1) is 0 Å². The van der Waals surface area contributed by atoms with Gasteiger partial charge >= 0.3 is 0 Å². The predicted molar refractivity (Wildman–Crippen MR) is 147 cm³/mol. The number of sulfone groups is 1. The number of anilines is 2. The van der Waals surface area contributed by atoms with Crippen LogP contribution in [0.2, 0.25) is 10.0 Å². The highest BCUT2D eigenvalue weighted by Crippen LogP contribution is 2.57. The largest absolute Gasteiger partial charge is 0.440 e. The third kappa shape index (κ3) is 4.98. The Kier molecular flexibility index (Phi) is 6.87. The molecule has 1 aliphatic rings. The first-order chi connectivity index (χ1) is 18.0. The number of oxazole rings is 1. The maximum atomic E-state index is 13.6. The lowest BCUT2D eigenvalue weighted by molar-refractivity contribution is -0.114. The zero-order valence-electron chi connectivity index (χ0n) is 20.6. The van der Waals surface area contributed by atoms with Crippen LogP contribution >= 0.6 is 23.2 Å². The highest BCUT2D eigenvalue weighted by Gasteiger charge is 2.52. The monoisotopic (exact) mass is 575 g/mol. The van der Waals surface area contributed by atoms with E-state index in [9.17, 15) is 17.6 Å². The van der Waals surface area contributed by atoms with Crippen LogP contribution in [0, 0.1) is 5.82 Å². The molecule has 0 aliphatic heterocycles. The maximum Gasteiger partial charge on any atom is 0.243 e. The van der Waals surface area contributed by atoms with Crippen LogP contribution in [-0.2, 0) is 20.0 Å². The van der Waals surface area contributed by atoms with Gasteiger partial charge in [0.1, 0.15) is 11.3 Å². The highest BCUT2D eigenvalue weighted by molar-refractivity contribution is 7.91. The van der Waals surface area contributed by atoms with Gasteiger partial charge in [0.2, 0.25) is 11.8 Å². The number of amides is 1. The maximum absolute atomic E-state index is 13.6. The molecule has 38 heavy (non-hydrogen) atoms. The van der Waals surface area contributed by atoms with E-state index < -0.39 is 21.1 Å². The molecule has 11 heteroatoms. The molecule has 1 saturated carbocycles. The second kappa shape index (κ2) is 9.87. The third-order valence-corrected chi connectivity index (χ3v) is 9.06. The zero-order valence-corrected chi connectivity index (χ0v) is 22.9. The summed E-state index contributed by atoms with van der Waals surface area (Å²) in [7, 11) is -1.57. The number of nitrogens with one attached hydrogen (secondary N) is 1. The second-order valence-electron chi connectivity index (χ2n) is 9.33. The number of halogens is 3. The van der Waals surface area contributed by atoms with E-state index in [0.717, 1.165) is 12.8 Å². The summed E-state index contributed by atoms with van der Waals surface area (Å²) in [6.45, 7) is 1.60. The fourth-order valence-electron chi connectivity index (χ4n) is 4.48. The molecule has 1 aliphatic carbocycles. The van der Waals surface area contributed by atoms with Crippen molar-refractivity contribution in [3.63, 3.8) is 0 Å². The first-order valence-corrected chi connectivity index (χ1v) is 14.3. The lowest BCUT2D eigenvalue weighted by atomic mass is 9.95. The molecule has 1 amide bonds. The molecule has 7 nitrogen and oxygen atoms in total.